The Labute approximate surface area is 124 Å². The van der Waals surface area contributed by atoms with Crippen molar-refractivity contribution in [3.05, 3.63) is 72.2 Å². The van der Waals surface area contributed by atoms with Crippen LogP contribution < -0.4 is 0 Å². The van der Waals surface area contributed by atoms with Gasteiger partial charge in [-0.2, -0.15) is 0 Å². The molecule has 0 fully saturated rings. The number of benzene rings is 3. The molecule has 1 heteroatoms. The summed E-state index contributed by atoms with van der Waals surface area (Å²) in [5, 5.41) is 2.03. The molecule has 0 aliphatic heterocycles. The van der Waals surface area contributed by atoms with Gasteiger partial charge in [-0.05, 0) is 36.2 Å². The molecular formula is C19H15N. The van der Waals surface area contributed by atoms with Crippen molar-refractivity contribution in [2.24, 2.45) is 0 Å². The molecule has 0 aliphatic rings. The summed E-state index contributed by atoms with van der Waals surface area (Å²) in [6, 6.07) is 10.4. The molecule has 4 rings (SSSR count). The fourth-order valence-electron chi connectivity index (χ4n) is 2.68. The van der Waals surface area contributed by atoms with Crippen LogP contribution in [0.5, 0.6) is 0 Å². The Morgan fingerprint density at radius 3 is 2.60 bits per heavy atom. The fraction of sp³-hybridized carbons (Fsp3) is 0.0526. The lowest BCUT2D eigenvalue weighted by atomic mass is 9.99. The smallest absolute Gasteiger partial charge is 0.0629 e. The maximum atomic E-state index is 8.27. The van der Waals surface area contributed by atoms with E-state index in [1.807, 2.05) is 43.3 Å². The molecule has 0 radical (unpaired) electrons. The van der Waals surface area contributed by atoms with Gasteiger partial charge in [0, 0.05) is 21.9 Å². The Morgan fingerprint density at radius 2 is 1.75 bits per heavy atom. The highest BCUT2D eigenvalue weighted by molar-refractivity contribution is 6.12. The van der Waals surface area contributed by atoms with Crippen molar-refractivity contribution in [2.45, 2.75) is 6.92 Å². The van der Waals surface area contributed by atoms with Crippen LogP contribution in [0.15, 0.2) is 66.6 Å². The highest BCUT2D eigenvalue weighted by Crippen LogP contribution is 2.34. The number of aromatic amines is 1. The summed E-state index contributed by atoms with van der Waals surface area (Å²) in [6.45, 7) is 1.94. The molecule has 20 heavy (non-hydrogen) atoms. The number of nitrogens with one attached hydrogen (secondary N) is 1. The van der Waals surface area contributed by atoms with Gasteiger partial charge >= 0.3 is 0 Å². The molecule has 0 spiro atoms. The van der Waals surface area contributed by atoms with Gasteiger partial charge in [-0.3, -0.25) is 0 Å². The minimum Gasteiger partial charge on any atom is -0.354 e. The highest BCUT2D eigenvalue weighted by Gasteiger charge is 2.10. The van der Waals surface area contributed by atoms with Crippen LogP contribution in [0.4, 0.5) is 0 Å². The van der Waals surface area contributed by atoms with E-state index < -0.39 is 0 Å². The van der Waals surface area contributed by atoms with E-state index in [1.54, 1.807) is 0 Å². The third-order valence-corrected chi connectivity index (χ3v) is 3.53. The average Bonchev–Trinajstić information content (AvgIpc) is 2.97. The Hall–Kier alpha value is -2.54. The Kier molecular flexibility index (Phi) is 1.55. The number of hydrogen-bond acceptors (Lipinski definition) is 0. The zero-order chi connectivity index (χ0) is 17.9. The number of hydrogen-bond donors (Lipinski definition) is 1. The zero-order valence-electron chi connectivity index (χ0n) is 16.0. The summed E-state index contributed by atoms with van der Waals surface area (Å²) >= 11 is 0. The second-order valence-corrected chi connectivity index (χ2v) is 4.91. The lowest BCUT2D eigenvalue weighted by molar-refractivity contribution is 1.48. The lowest BCUT2D eigenvalue weighted by Gasteiger charge is -2.05. The van der Waals surface area contributed by atoms with E-state index in [-0.39, 0.29) is 35.8 Å². The fourth-order valence-corrected chi connectivity index (χ4v) is 2.68. The van der Waals surface area contributed by atoms with E-state index in [4.69, 9.17) is 6.85 Å². The SMILES string of the molecule is [2H]c1c([2H])c([2H])c(-c2cc(C)cc3c2[nH]c2ccccc23)c([2H])c1[2H]. The predicted octanol–water partition coefficient (Wildman–Crippen LogP) is 5.30. The first-order valence-electron chi connectivity index (χ1n) is 8.98. The minimum atomic E-state index is -0.376. The molecular weight excluding hydrogens is 242 g/mol. The summed E-state index contributed by atoms with van der Waals surface area (Å²) in [5.74, 6) is 0. The monoisotopic (exact) mass is 262 g/mol. The molecule has 4 aromatic rings. The van der Waals surface area contributed by atoms with Crippen molar-refractivity contribution in [3.8, 4) is 11.1 Å². The van der Waals surface area contributed by atoms with Gasteiger partial charge < -0.3 is 4.98 Å². The molecule has 3 aromatic carbocycles. The zero-order valence-corrected chi connectivity index (χ0v) is 11.0. The molecule has 0 saturated heterocycles. The van der Waals surface area contributed by atoms with Gasteiger partial charge in [-0.15, -0.1) is 0 Å². The highest BCUT2D eigenvalue weighted by atomic mass is 14.7. The summed E-state index contributed by atoms with van der Waals surface area (Å²) < 4.78 is 40.2. The van der Waals surface area contributed by atoms with Gasteiger partial charge in [0.2, 0.25) is 0 Å². The number of aryl methyl sites for hydroxylation is 1. The van der Waals surface area contributed by atoms with Gasteiger partial charge in [-0.1, -0.05) is 48.4 Å². The van der Waals surface area contributed by atoms with Crippen molar-refractivity contribution in [1.82, 2.24) is 4.98 Å². The maximum Gasteiger partial charge on any atom is 0.0629 e. The van der Waals surface area contributed by atoms with Crippen molar-refractivity contribution < 1.29 is 6.85 Å². The van der Waals surface area contributed by atoms with Gasteiger partial charge in [-0.25, -0.2) is 0 Å². The number of H-pyrrole nitrogens is 1. The largest absolute Gasteiger partial charge is 0.354 e. The molecule has 0 aliphatic carbocycles. The predicted molar refractivity (Wildman–Crippen MR) is 86.0 cm³/mol. The molecule has 1 nitrogen and oxygen atoms in total. The van der Waals surface area contributed by atoms with Crippen LogP contribution in [0.3, 0.4) is 0 Å². The number of aromatic nitrogens is 1. The molecule has 0 saturated carbocycles. The van der Waals surface area contributed by atoms with E-state index in [0.29, 0.717) is 5.56 Å². The standard InChI is InChI=1S/C19H15N/c1-13-11-16(14-7-3-2-4-8-14)19-17(12-13)15-9-5-6-10-18(15)20-19/h2-12,20H,1H3/i2D,3D,4D,7D,8D. The van der Waals surface area contributed by atoms with Crippen LogP contribution in [-0.4, -0.2) is 4.98 Å². The Bertz CT molecular complexity index is 1130. The number of rotatable bonds is 1. The van der Waals surface area contributed by atoms with Crippen LogP contribution in [0.1, 0.15) is 12.4 Å². The first-order chi connectivity index (χ1) is 11.9. The van der Waals surface area contributed by atoms with Crippen LogP contribution in [0.2, 0.25) is 0 Å². The third kappa shape index (κ3) is 1.64. The molecule has 1 aromatic heterocycles. The Balaban J connectivity index is 2.19. The molecule has 0 amide bonds. The van der Waals surface area contributed by atoms with E-state index in [9.17, 15) is 0 Å². The summed E-state index contributed by atoms with van der Waals surface area (Å²) in [6.07, 6.45) is 0. The second kappa shape index (κ2) is 4.24. The van der Waals surface area contributed by atoms with Crippen LogP contribution in [0.25, 0.3) is 32.9 Å². The van der Waals surface area contributed by atoms with Gasteiger partial charge in [0.05, 0.1) is 12.4 Å². The topological polar surface area (TPSA) is 15.8 Å². The number of para-hydroxylation sites is 1. The van der Waals surface area contributed by atoms with Gasteiger partial charge in [0.1, 0.15) is 0 Å². The van der Waals surface area contributed by atoms with E-state index >= 15 is 0 Å². The average molecular weight is 262 g/mol. The number of fused-ring (bicyclic) bond motifs is 3. The van der Waals surface area contributed by atoms with Crippen LogP contribution in [0, 0.1) is 6.92 Å². The maximum absolute atomic E-state index is 8.27. The van der Waals surface area contributed by atoms with Crippen LogP contribution in [-0.2, 0) is 0 Å². The second-order valence-electron chi connectivity index (χ2n) is 4.91. The first kappa shape index (κ1) is 7.30. The van der Waals surface area contributed by atoms with Gasteiger partial charge in [0.15, 0.2) is 0 Å². The quantitative estimate of drug-likeness (QED) is 0.479. The van der Waals surface area contributed by atoms with E-state index in [2.05, 4.69) is 4.98 Å². The summed E-state index contributed by atoms with van der Waals surface area (Å²) in [5.41, 5.74) is 3.57. The Morgan fingerprint density at radius 1 is 0.950 bits per heavy atom. The van der Waals surface area contributed by atoms with Gasteiger partial charge in [0.25, 0.3) is 0 Å². The first-order valence-corrected chi connectivity index (χ1v) is 6.48. The summed E-state index contributed by atoms with van der Waals surface area (Å²) in [4.78, 5) is 3.34. The van der Waals surface area contributed by atoms with E-state index in [0.717, 1.165) is 27.4 Å². The molecule has 96 valence electrons. The normalized spacial score (nSPS) is 14.8. The summed E-state index contributed by atoms with van der Waals surface area (Å²) in [7, 11) is 0. The molecule has 0 unspecified atom stereocenters. The third-order valence-electron chi connectivity index (χ3n) is 3.53. The van der Waals surface area contributed by atoms with Crippen molar-refractivity contribution in [2.75, 3.05) is 0 Å². The van der Waals surface area contributed by atoms with E-state index in [1.165, 1.54) is 0 Å². The van der Waals surface area contributed by atoms with Crippen molar-refractivity contribution in [3.63, 3.8) is 0 Å². The van der Waals surface area contributed by atoms with Crippen molar-refractivity contribution >= 4 is 21.8 Å². The molecule has 1 N–H and O–H groups in total. The lowest BCUT2D eigenvalue weighted by Crippen LogP contribution is -1.82. The molecule has 1 heterocycles. The molecule has 0 atom stereocenters. The van der Waals surface area contributed by atoms with Crippen molar-refractivity contribution in [1.29, 1.82) is 0 Å². The van der Waals surface area contributed by atoms with Crippen LogP contribution >= 0.6 is 0 Å². The minimum absolute atomic E-state index is 0.184. The molecule has 0 bridgehead atoms.